The lowest BCUT2D eigenvalue weighted by Gasteiger charge is -2.08. The molecule has 0 fully saturated rings. The Bertz CT molecular complexity index is 391. The molecule has 6 heteroatoms. The molecule has 0 aliphatic rings. The van der Waals surface area contributed by atoms with E-state index in [0.717, 1.165) is 8.26 Å². The molecule has 0 aromatic carbocycles. The van der Waals surface area contributed by atoms with Crippen molar-refractivity contribution in [3.63, 3.8) is 0 Å². The van der Waals surface area contributed by atoms with Gasteiger partial charge in [-0.05, 0) is 44.8 Å². The van der Waals surface area contributed by atoms with Gasteiger partial charge in [0.15, 0.2) is 0 Å². The summed E-state index contributed by atoms with van der Waals surface area (Å²) in [5.74, 6) is -0.144. The lowest BCUT2D eigenvalue weighted by Crippen LogP contribution is -2.31. The summed E-state index contributed by atoms with van der Waals surface area (Å²) in [7, 11) is 0. The number of nitrogens with zero attached hydrogens (tertiary/aromatic N) is 1. The average molecular weight is 352 g/mol. The number of halogens is 2. The van der Waals surface area contributed by atoms with Crippen molar-refractivity contribution >= 4 is 49.1 Å². The highest BCUT2D eigenvalue weighted by Crippen LogP contribution is 2.32. The van der Waals surface area contributed by atoms with E-state index in [1.807, 2.05) is 6.07 Å². The van der Waals surface area contributed by atoms with Gasteiger partial charge in [-0.2, -0.15) is 5.26 Å². The molecule has 1 unspecified atom stereocenters. The molecule has 1 atom stereocenters. The predicted octanol–water partition coefficient (Wildman–Crippen LogP) is 3.31. The van der Waals surface area contributed by atoms with Crippen LogP contribution in [0.5, 0.6) is 0 Å². The van der Waals surface area contributed by atoms with E-state index in [-0.39, 0.29) is 11.9 Å². The molecule has 80 valence electrons. The lowest BCUT2D eigenvalue weighted by atomic mass is 10.2. The van der Waals surface area contributed by atoms with Crippen LogP contribution in [0.4, 0.5) is 0 Å². The Morgan fingerprint density at radius 2 is 2.40 bits per heavy atom. The summed E-state index contributed by atoms with van der Waals surface area (Å²) in [5.41, 5.74) is 0. The highest BCUT2D eigenvalue weighted by atomic mass is 79.9. The molecule has 1 heterocycles. The molecule has 0 bridgehead atoms. The van der Waals surface area contributed by atoms with Crippen LogP contribution in [-0.2, 0) is 0 Å². The fourth-order valence-corrected chi connectivity index (χ4v) is 2.88. The molecule has 1 aromatic heterocycles. The van der Waals surface area contributed by atoms with Crippen molar-refractivity contribution in [2.45, 2.75) is 19.4 Å². The van der Waals surface area contributed by atoms with Crippen LogP contribution in [0.25, 0.3) is 0 Å². The third-order valence-corrected chi connectivity index (χ3v) is 4.90. The van der Waals surface area contributed by atoms with Crippen LogP contribution in [0.15, 0.2) is 14.3 Å². The third kappa shape index (κ3) is 3.59. The topological polar surface area (TPSA) is 52.9 Å². The number of carbonyl (C=O) groups is 1. The van der Waals surface area contributed by atoms with Gasteiger partial charge in [0, 0.05) is 10.5 Å². The maximum Gasteiger partial charge on any atom is 0.261 e. The average Bonchev–Trinajstić information content (AvgIpc) is 2.47. The molecule has 0 aliphatic heterocycles. The first-order valence-corrected chi connectivity index (χ1v) is 6.57. The summed E-state index contributed by atoms with van der Waals surface area (Å²) < 4.78 is 1.76. The number of amides is 1. The number of hydrogen-bond acceptors (Lipinski definition) is 3. The summed E-state index contributed by atoms with van der Waals surface area (Å²) >= 11 is 7.99. The molecule has 3 nitrogen and oxygen atoms in total. The van der Waals surface area contributed by atoms with Gasteiger partial charge >= 0.3 is 0 Å². The molecule has 1 amide bonds. The summed E-state index contributed by atoms with van der Waals surface area (Å²) in [4.78, 5) is 12.3. The number of nitrogens with one attached hydrogen (secondary N) is 1. The van der Waals surface area contributed by atoms with Crippen LogP contribution in [0.3, 0.4) is 0 Å². The van der Waals surface area contributed by atoms with Gasteiger partial charge < -0.3 is 5.32 Å². The molecule has 0 saturated carbocycles. The lowest BCUT2D eigenvalue weighted by molar-refractivity contribution is 0.0945. The van der Waals surface area contributed by atoms with Gasteiger partial charge in [-0.25, -0.2) is 0 Å². The zero-order chi connectivity index (χ0) is 11.4. The van der Waals surface area contributed by atoms with Gasteiger partial charge in [0.25, 0.3) is 5.91 Å². The summed E-state index contributed by atoms with van der Waals surface area (Å²) in [6.07, 6.45) is 0.319. The molecular formula is C9H8Br2N2OS. The highest BCUT2D eigenvalue weighted by molar-refractivity contribution is 9.13. The summed E-state index contributed by atoms with van der Waals surface area (Å²) in [5, 5.41) is 11.2. The number of nitriles is 1. The maximum absolute atomic E-state index is 11.6. The minimum absolute atomic E-state index is 0.123. The second-order valence-electron chi connectivity index (χ2n) is 2.97. The van der Waals surface area contributed by atoms with Crippen LogP contribution in [0.2, 0.25) is 0 Å². The van der Waals surface area contributed by atoms with E-state index in [0.29, 0.717) is 11.3 Å². The van der Waals surface area contributed by atoms with Gasteiger partial charge in [0.2, 0.25) is 0 Å². The smallest absolute Gasteiger partial charge is 0.261 e. The highest BCUT2D eigenvalue weighted by Gasteiger charge is 2.13. The number of rotatable bonds is 3. The van der Waals surface area contributed by atoms with E-state index in [1.54, 1.807) is 13.0 Å². The van der Waals surface area contributed by atoms with Crippen LogP contribution >= 0.6 is 43.2 Å². The SMILES string of the molecule is CC(CC#N)NC(=O)c1cc(Br)c(Br)s1. The zero-order valence-corrected chi connectivity index (χ0v) is 11.9. The van der Waals surface area contributed by atoms with E-state index >= 15 is 0 Å². The van der Waals surface area contributed by atoms with E-state index in [4.69, 9.17) is 5.26 Å². The second kappa shape index (κ2) is 5.64. The fourth-order valence-electron chi connectivity index (χ4n) is 0.941. The Kier molecular flexibility index (Phi) is 4.77. The number of hydrogen-bond donors (Lipinski definition) is 1. The second-order valence-corrected chi connectivity index (χ2v) is 6.19. The Morgan fingerprint density at radius 1 is 1.73 bits per heavy atom. The van der Waals surface area contributed by atoms with Gasteiger partial charge in [-0.15, -0.1) is 11.3 Å². The standard InChI is InChI=1S/C9H8Br2N2OS/c1-5(2-3-12)13-9(14)7-4-6(10)8(11)15-7/h4-5H,2H2,1H3,(H,13,14). The molecule has 1 aromatic rings. The molecule has 0 radical (unpaired) electrons. The van der Waals surface area contributed by atoms with Crippen molar-refractivity contribution < 1.29 is 4.79 Å². The Labute approximate surface area is 109 Å². The van der Waals surface area contributed by atoms with E-state index in [9.17, 15) is 4.79 Å². The molecule has 1 rings (SSSR count). The number of thiophene rings is 1. The largest absolute Gasteiger partial charge is 0.348 e. The van der Waals surface area contributed by atoms with E-state index in [1.165, 1.54) is 11.3 Å². The molecule has 0 saturated heterocycles. The normalized spacial score (nSPS) is 11.9. The van der Waals surface area contributed by atoms with Gasteiger partial charge in [-0.3, -0.25) is 4.79 Å². The van der Waals surface area contributed by atoms with Crippen molar-refractivity contribution in [1.82, 2.24) is 5.32 Å². The van der Waals surface area contributed by atoms with Crippen molar-refractivity contribution in [2.24, 2.45) is 0 Å². The minimum atomic E-state index is -0.144. The van der Waals surface area contributed by atoms with Gasteiger partial charge in [-0.1, -0.05) is 0 Å². The monoisotopic (exact) mass is 350 g/mol. The van der Waals surface area contributed by atoms with Crippen LogP contribution in [-0.4, -0.2) is 11.9 Å². The molecule has 15 heavy (non-hydrogen) atoms. The first-order valence-electron chi connectivity index (χ1n) is 4.17. The minimum Gasteiger partial charge on any atom is -0.348 e. The summed E-state index contributed by atoms with van der Waals surface area (Å²) in [6, 6.07) is 3.64. The molecule has 0 spiro atoms. The quantitative estimate of drug-likeness (QED) is 0.908. The first-order chi connectivity index (χ1) is 7.04. The van der Waals surface area contributed by atoms with Gasteiger partial charge in [0.05, 0.1) is 21.2 Å². The van der Waals surface area contributed by atoms with Crippen LogP contribution < -0.4 is 5.32 Å². The fraction of sp³-hybridized carbons (Fsp3) is 0.333. The van der Waals surface area contributed by atoms with Crippen molar-refractivity contribution in [3.8, 4) is 6.07 Å². The van der Waals surface area contributed by atoms with Crippen molar-refractivity contribution in [1.29, 1.82) is 5.26 Å². The zero-order valence-electron chi connectivity index (χ0n) is 7.88. The van der Waals surface area contributed by atoms with Gasteiger partial charge in [0.1, 0.15) is 0 Å². The van der Waals surface area contributed by atoms with Crippen molar-refractivity contribution in [3.05, 3.63) is 19.2 Å². The first kappa shape index (κ1) is 12.7. The molecule has 0 aliphatic carbocycles. The summed E-state index contributed by atoms with van der Waals surface area (Å²) in [6.45, 7) is 1.80. The Morgan fingerprint density at radius 3 is 2.87 bits per heavy atom. The van der Waals surface area contributed by atoms with E-state index < -0.39 is 0 Å². The maximum atomic E-state index is 11.6. The Balaban J connectivity index is 2.66. The van der Waals surface area contributed by atoms with Crippen LogP contribution in [0, 0.1) is 11.3 Å². The van der Waals surface area contributed by atoms with E-state index in [2.05, 4.69) is 37.2 Å². The van der Waals surface area contributed by atoms with Crippen molar-refractivity contribution in [2.75, 3.05) is 0 Å². The molecule has 1 N–H and O–H groups in total. The third-order valence-electron chi connectivity index (χ3n) is 1.64. The number of carbonyl (C=O) groups excluding carboxylic acids is 1. The Hall–Kier alpha value is -0.380. The molecular weight excluding hydrogens is 344 g/mol. The predicted molar refractivity (Wildman–Crippen MR) is 66.9 cm³/mol. The van der Waals surface area contributed by atoms with Crippen LogP contribution in [0.1, 0.15) is 23.0 Å².